The van der Waals surface area contributed by atoms with Gasteiger partial charge in [-0.05, 0) is 30.9 Å². The Bertz CT molecular complexity index is 392. The fourth-order valence-electron chi connectivity index (χ4n) is 2.73. The molecule has 0 spiro atoms. The minimum atomic E-state index is -3.25. The topological polar surface area (TPSA) is 46.6 Å². The number of alkyl halides is 1. The number of hydrogen-bond donors (Lipinski definition) is 0. The number of sulfonamides is 1. The summed E-state index contributed by atoms with van der Waals surface area (Å²) in [4.78, 5) is 0. The van der Waals surface area contributed by atoms with Crippen molar-refractivity contribution in [1.82, 2.24) is 4.31 Å². The van der Waals surface area contributed by atoms with Crippen LogP contribution in [0.1, 0.15) is 26.2 Å². The lowest BCUT2D eigenvalue weighted by Crippen LogP contribution is -2.46. The monoisotopic (exact) mass is 341 g/mol. The van der Waals surface area contributed by atoms with Crippen LogP contribution in [0.25, 0.3) is 0 Å². The Morgan fingerprint density at radius 3 is 2.80 bits per heavy atom. The molecule has 4 nitrogen and oxygen atoms in total. The Labute approximate surface area is 131 Å². The van der Waals surface area contributed by atoms with Crippen molar-refractivity contribution < 1.29 is 13.2 Å². The molecule has 0 aromatic heterocycles. The van der Waals surface area contributed by atoms with E-state index in [1.54, 1.807) is 4.31 Å². The van der Waals surface area contributed by atoms with Gasteiger partial charge in [0, 0.05) is 30.8 Å². The zero-order valence-electron chi connectivity index (χ0n) is 12.0. The summed E-state index contributed by atoms with van der Waals surface area (Å²) >= 11 is 7.62. The van der Waals surface area contributed by atoms with E-state index in [0.29, 0.717) is 12.4 Å². The molecule has 2 saturated heterocycles. The van der Waals surface area contributed by atoms with E-state index in [4.69, 9.17) is 16.3 Å². The zero-order chi connectivity index (χ0) is 14.6. The molecule has 2 rings (SSSR count). The van der Waals surface area contributed by atoms with Crippen molar-refractivity contribution in [2.75, 3.05) is 36.3 Å². The first-order valence-electron chi connectivity index (χ1n) is 7.27. The second-order valence-corrected chi connectivity index (χ2v) is 9.18. The lowest BCUT2D eigenvalue weighted by Gasteiger charge is -2.30. The molecular weight excluding hydrogens is 318 g/mol. The Hall–Kier alpha value is 0.510. The van der Waals surface area contributed by atoms with Crippen molar-refractivity contribution in [3.05, 3.63) is 0 Å². The van der Waals surface area contributed by atoms with Crippen LogP contribution in [0.4, 0.5) is 0 Å². The van der Waals surface area contributed by atoms with E-state index in [0.717, 1.165) is 37.4 Å². The Morgan fingerprint density at radius 1 is 1.45 bits per heavy atom. The van der Waals surface area contributed by atoms with E-state index in [-0.39, 0.29) is 23.8 Å². The molecule has 0 radical (unpaired) electrons. The number of nitrogens with zero attached hydrogens (tertiary/aromatic N) is 1. The zero-order valence-corrected chi connectivity index (χ0v) is 14.4. The van der Waals surface area contributed by atoms with Gasteiger partial charge in [-0.15, -0.1) is 11.6 Å². The SMILES string of the molecule is CC(CCl)CS(=O)(=O)N(CC1CCCO1)C1CCSC1. The summed E-state index contributed by atoms with van der Waals surface area (Å²) in [6, 6.07) is 0.136. The van der Waals surface area contributed by atoms with Gasteiger partial charge < -0.3 is 4.74 Å². The van der Waals surface area contributed by atoms with Crippen LogP contribution in [0.15, 0.2) is 0 Å². The van der Waals surface area contributed by atoms with Crippen molar-refractivity contribution in [2.24, 2.45) is 5.92 Å². The molecule has 0 aliphatic carbocycles. The normalized spacial score (nSPS) is 29.1. The van der Waals surface area contributed by atoms with Gasteiger partial charge in [-0.3, -0.25) is 0 Å². The number of thioether (sulfide) groups is 1. The molecule has 7 heteroatoms. The lowest BCUT2D eigenvalue weighted by atomic mass is 10.2. The van der Waals surface area contributed by atoms with E-state index in [9.17, 15) is 8.42 Å². The van der Waals surface area contributed by atoms with E-state index >= 15 is 0 Å². The molecule has 3 atom stereocenters. The van der Waals surface area contributed by atoms with E-state index in [2.05, 4.69) is 0 Å². The molecule has 2 aliphatic rings. The lowest BCUT2D eigenvalue weighted by molar-refractivity contribution is 0.0876. The molecule has 2 fully saturated rings. The molecule has 118 valence electrons. The quantitative estimate of drug-likeness (QED) is 0.666. The summed E-state index contributed by atoms with van der Waals surface area (Å²) in [7, 11) is -3.25. The second-order valence-electron chi connectivity index (χ2n) is 5.76. The summed E-state index contributed by atoms with van der Waals surface area (Å²) in [5.41, 5.74) is 0. The van der Waals surface area contributed by atoms with Crippen LogP contribution in [0.2, 0.25) is 0 Å². The fraction of sp³-hybridized carbons (Fsp3) is 1.00. The Balaban J connectivity index is 2.07. The third-order valence-corrected chi connectivity index (χ3v) is 7.66. The molecule has 0 bridgehead atoms. The maximum Gasteiger partial charge on any atom is 0.214 e. The number of halogens is 1. The second kappa shape index (κ2) is 7.68. The molecule has 0 aromatic rings. The van der Waals surface area contributed by atoms with Gasteiger partial charge in [-0.25, -0.2) is 8.42 Å². The molecular formula is C13H24ClNO3S2. The van der Waals surface area contributed by atoms with Crippen molar-refractivity contribution >= 4 is 33.4 Å². The third kappa shape index (κ3) is 4.50. The first kappa shape index (κ1) is 16.9. The van der Waals surface area contributed by atoms with Gasteiger partial charge in [-0.1, -0.05) is 6.92 Å². The largest absolute Gasteiger partial charge is 0.377 e. The van der Waals surface area contributed by atoms with Crippen LogP contribution in [0.3, 0.4) is 0 Å². The van der Waals surface area contributed by atoms with E-state index in [1.807, 2.05) is 18.7 Å². The Kier molecular flexibility index (Phi) is 6.48. The highest BCUT2D eigenvalue weighted by Gasteiger charge is 2.35. The van der Waals surface area contributed by atoms with Crippen molar-refractivity contribution in [3.8, 4) is 0 Å². The molecule has 0 amide bonds. The number of hydrogen-bond acceptors (Lipinski definition) is 4. The smallest absolute Gasteiger partial charge is 0.214 e. The van der Waals surface area contributed by atoms with Gasteiger partial charge in [0.1, 0.15) is 0 Å². The summed E-state index contributed by atoms with van der Waals surface area (Å²) in [6.45, 7) is 3.16. The van der Waals surface area contributed by atoms with Crippen molar-refractivity contribution in [3.63, 3.8) is 0 Å². The van der Waals surface area contributed by atoms with Gasteiger partial charge >= 0.3 is 0 Å². The maximum absolute atomic E-state index is 12.7. The molecule has 2 aliphatic heterocycles. The van der Waals surface area contributed by atoms with Gasteiger partial charge in [0.2, 0.25) is 10.0 Å². The minimum Gasteiger partial charge on any atom is -0.377 e. The predicted molar refractivity (Wildman–Crippen MR) is 85.1 cm³/mol. The Morgan fingerprint density at radius 2 is 2.25 bits per heavy atom. The fourth-order valence-corrected chi connectivity index (χ4v) is 6.34. The summed E-state index contributed by atoms with van der Waals surface area (Å²) < 4.78 is 32.7. The first-order valence-corrected chi connectivity index (χ1v) is 10.6. The maximum atomic E-state index is 12.7. The van der Waals surface area contributed by atoms with Crippen molar-refractivity contribution in [1.29, 1.82) is 0 Å². The third-order valence-electron chi connectivity index (χ3n) is 3.84. The highest BCUT2D eigenvalue weighted by Crippen LogP contribution is 2.27. The van der Waals surface area contributed by atoms with Crippen LogP contribution in [-0.2, 0) is 14.8 Å². The predicted octanol–water partition coefficient (Wildman–Crippen LogP) is 2.18. The standard InChI is InChI=1S/C13H24ClNO3S2/c1-11(7-14)10-20(16,17)15(12-4-6-19-9-12)8-13-3-2-5-18-13/h11-13H,2-10H2,1H3. The van der Waals surface area contributed by atoms with Crippen LogP contribution in [0.5, 0.6) is 0 Å². The molecule has 20 heavy (non-hydrogen) atoms. The van der Waals surface area contributed by atoms with E-state index in [1.165, 1.54) is 0 Å². The summed E-state index contributed by atoms with van der Waals surface area (Å²) in [5, 5.41) is 0. The average molecular weight is 342 g/mol. The highest BCUT2D eigenvalue weighted by atomic mass is 35.5. The number of rotatable bonds is 7. The van der Waals surface area contributed by atoms with Crippen LogP contribution in [0, 0.1) is 5.92 Å². The average Bonchev–Trinajstić information content (AvgIpc) is 3.08. The van der Waals surface area contributed by atoms with Gasteiger partial charge in [0.25, 0.3) is 0 Å². The van der Waals surface area contributed by atoms with Crippen LogP contribution in [-0.4, -0.2) is 61.2 Å². The minimum absolute atomic E-state index is 0.0114. The van der Waals surface area contributed by atoms with Gasteiger partial charge in [0.05, 0.1) is 11.9 Å². The molecule has 2 heterocycles. The molecule has 0 aromatic carbocycles. The van der Waals surface area contributed by atoms with Crippen molar-refractivity contribution in [2.45, 2.75) is 38.3 Å². The van der Waals surface area contributed by atoms with Crippen LogP contribution < -0.4 is 0 Å². The molecule has 3 unspecified atom stereocenters. The number of ether oxygens (including phenoxy) is 1. The van der Waals surface area contributed by atoms with E-state index < -0.39 is 10.0 Å². The summed E-state index contributed by atoms with van der Waals surface area (Å²) in [6.07, 6.45) is 3.03. The first-order chi connectivity index (χ1) is 9.53. The highest BCUT2D eigenvalue weighted by molar-refractivity contribution is 7.99. The van der Waals surface area contributed by atoms with Crippen LogP contribution >= 0.6 is 23.4 Å². The van der Waals surface area contributed by atoms with Gasteiger partial charge in [0.15, 0.2) is 0 Å². The molecule has 0 N–H and O–H groups in total. The molecule has 0 saturated carbocycles. The van der Waals surface area contributed by atoms with Gasteiger partial charge in [-0.2, -0.15) is 16.1 Å². The summed E-state index contributed by atoms with van der Waals surface area (Å²) in [5.74, 6) is 2.47.